The third-order valence-corrected chi connectivity index (χ3v) is 10.5. The lowest BCUT2D eigenvalue weighted by molar-refractivity contribution is -0.141. The first-order valence-electron chi connectivity index (χ1n) is 14.3. The second-order valence-corrected chi connectivity index (χ2v) is 13.2. The molecule has 1 aliphatic carbocycles. The topological polar surface area (TPSA) is 113 Å². The molecule has 5 rings (SSSR count). The van der Waals surface area contributed by atoms with Crippen molar-refractivity contribution in [3.05, 3.63) is 71.8 Å². The third-order valence-electron chi connectivity index (χ3n) is 8.68. The van der Waals surface area contributed by atoms with Crippen LogP contribution in [0, 0.1) is 5.92 Å². The van der Waals surface area contributed by atoms with Gasteiger partial charge in [-0.15, -0.1) is 0 Å². The predicted molar refractivity (Wildman–Crippen MR) is 151 cm³/mol. The molecule has 210 valence electrons. The van der Waals surface area contributed by atoms with Crippen LogP contribution in [0.4, 0.5) is 0 Å². The number of nitrogens with two attached hydrogens (primary N) is 1. The minimum atomic E-state index is -3.77. The van der Waals surface area contributed by atoms with Crippen LogP contribution in [0.15, 0.2) is 60.7 Å². The summed E-state index contributed by atoms with van der Waals surface area (Å²) in [6.45, 7) is 1.33. The molecule has 3 N–H and O–H groups in total. The molecule has 0 bridgehead atoms. The minimum Gasteiger partial charge on any atom is -0.354 e. The van der Waals surface area contributed by atoms with Crippen LogP contribution in [0.2, 0.25) is 0 Å². The van der Waals surface area contributed by atoms with Crippen LogP contribution >= 0.6 is 0 Å². The summed E-state index contributed by atoms with van der Waals surface area (Å²) in [4.78, 5) is 29.2. The molecule has 2 aromatic rings. The Morgan fingerprint density at radius 3 is 2.23 bits per heavy atom. The highest BCUT2D eigenvalue weighted by Crippen LogP contribution is 2.38. The molecule has 2 aliphatic heterocycles. The average molecular weight is 553 g/mol. The molecule has 3 aliphatic rings. The van der Waals surface area contributed by atoms with Gasteiger partial charge < -0.3 is 16.0 Å². The van der Waals surface area contributed by atoms with E-state index in [4.69, 9.17) is 5.73 Å². The highest BCUT2D eigenvalue weighted by Gasteiger charge is 2.49. The van der Waals surface area contributed by atoms with Crippen molar-refractivity contribution in [2.45, 2.75) is 74.7 Å². The molecule has 2 amide bonds. The van der Waals surface area contributed by atoms with Gasteiger partial charge in [0.1, 0.15) is 12.1 Å². The number of nitrogens with zero attached hydrogens (tertiary/aromatic N) is 2. The van der Waals surface area contributed by atoms with Gasteiger partial charge in [0.25, 0.3) is 0 Å². The van der Waals surface area contributed by atoms with Crippen molar-refractivity contribution in [2.24, 2.45) is 11.7 Å². The number of amides is 2. The van der Waals surface area contributed by atoms with E-state index in [0.717, 1.165) is 37.7 Å². The van der Waals surface area contributed by atoms with Gasteiger partial charge in [-0.2, -0.15) is 4.31 Å². The Morgan fingerprint density at radius 2 is 1.54 bits per heavy atom. The molecule has 3 fully saturated rings. The van der Waals surface area contributed by atoms with Crippen molar-refractivity contribution < 1.29 is 18.0 Å². The molecule has 2 saturated heterocycles. The van der Waals surface area contributed by atoms with E-state index in [-0.39, 0.29) is 36.1 Å². The van der Waals surface area contributed by atoms with E-state index in [9.17, 15) is 18.0 Å². The maximum atomic E-state index is 14.2. The Kier molecular flexibility index (Phi) is 8.69. The van der Waals surface area contributed by atoms with Crippen LogP contribution in [0.3, 0.4) is 0 Å². The van der Waals surface area contributed by atoms with E-state index in [2.05, 4.69) is 5.32 Å². The first kappa shape index (κ1) is 27.8. The van der Waals surface area contributed by atoms with E-state index in [0.29, 0.717) is 37.4 Å². The largest absolute Gasteiger partial charge is 0.354 e. The molecule has 0 unspecified atom stereocenters. The van der Waals surface area contributed by atoms with Crippen molar-refractivity contribution in [2.75, 3.05) is 19.6 Å². The lowest BCUT2D eigenvalue weighted by Crippen LogP contribution is -2.54. The minimum absolute atomic E-state index is 0.135. The molecule has 0 aromatic heterocycles. The Hall–Kier alpha value is -2.75. The zero-order chi connectivity index (χ0) is 27.4. The summed E-state index contributed by atoms with van der Waals surface area (Å²) in [5.41, 5.74) is 7.66. The maximum Gasteiger partial charge on any atom is 0.242 e. The van der Waals surface area contributed by atoms with E-state index in [1.165, 1.54) is 4.31 Å². The van der Waals surface area contributed by atoms with Crippen LogP contribution in [-0.4, -0.2) is 67.2 Å². The summed E-state index contributed by atoms with van der Waals surface area (Å²) < 4.78 is 28.8. The predicted octanol–water partition coefficient (Wildman–Crippen LogP) is 3.00. The Morgan fingerprint density at radius 1 is 0.872 bits per heavy atom. The number of rotatable bonds is 8. The average Bonchev–Trinajstić information content (AvgIpc) is 3.62. The summed E-state index contributed by atoms with van der Waals surface area (Å²) >= 11 is 0. The number of carbonyl (C=O) groups excluding carboxylic acids is 2. The SMILES string of the molecule is NC1CCC(CNC(=O)[C@@H]2CCCN2C(=O)[C@H]2[C@H](c3ccccc3)CCN2S(=O)(=O)Cc2ccccc2)CC1. The van der Waals surface area contributed by atoms with Gasteiger partial charge in [0.15, 0.2) is 0 Å². The van der Waals surface area contributed by atoms with Gasteiger partial charge in [0.05, 0.1) is 5.75 Å². The lowest BCUT2D eigenvalue weighted by Gasteiger charge is -2.33. The molecule has 2 heterocycles. The van der Waals surface area contributed by atoms with E-state index in [1.807, 2.05) is 48.5 Å². The fraction of sp³-hybridized carbons (Fsp3) is 0.533. The van der Waals surface area contributed by atoms with Gasteiger partial charge in [-0.05, 0) is 62.0 Å². The Balaban J connectivity index is 1.35. The number of likely N-dealkylation sites (tertiary alicyclic amines) is 1. The number of hydrogen-bond acceptors (Lipinski definition) is 5. The fourth-order valence-electron chi connectivity index (χ4n) is 6.52. The standard InChI is InChI=1S/C30H40N4O4S/c31-25-15-13-22(14-16-25)20-32-29(35)27-12-7-18-33(27)30(36)28-26(24-10-5-2-6-11-24)17-19-34(28)39(37,38)21-23-8-3-1-4-9-23/h1-6,8-11,22,25-28H,7,12-21,31H2,(H,32,35)/t22?,25?,26-,27-,28+/m0/s1. The molecule has 0 spiro atoms. The van der Waals surface area contributed by atoms with Crippen molar-refractivity contribution in [1.29, 1.82) is 0 Å². The lowest BCUT2D eigenvalue weighted by atomic mass is 9.86. The van der Waals surface area contributed by atoms with Crippen LogP contribution < -0.4 is 11.1 Å². The van der Waals surface area contributed by atoms with Gasteiger partial charge in [0.2, 0.25) is 21.8 Å². The zero-order valence-corrected chi connectivity index (χ0v) is 23.3. The number of carbonyl (C=O) groups is 2. The van der Waals surface area contributed by atoms with E-state index < -0.39 is 22.1 Å². The van der Waals surface area contributed by atoms with Crippen molar-refractivity contribution in [3.63, 3.8) is 0 Å². The van der Waals surface area contributed by atoms with Crippen LogP contribution in [0.5, 0.6) is 0 Å². The summed E-state index contributed by atoms with van der Waals surface area (Å²) in [6.07, 6.45) is 5.83. The van der Waals surface area contributed by atoms with Crippen molar-refractivity contribution in [3.8, 4) is 0 Å². The molecule has 0 radical (unpaired) electrons. The highest BCUT2D eigenvalue weighted by molar-refractivity contribution is 7.88. The first-order chi connectivity index (χ1) is 18.8. The third kappa shape index (κ3) is 6.36. The van der Waals surface area contributed by atoms with Gasteiger partial charge >= 0.3 is 0 Å². The molecular formula is C30H40N4O4S. The van der Waals surface area contributed by atoms with Crippen molar-refractivity contribution in [1.82, 2.24) is 14.5 Å². The highest BCUT2D eigenvalue weighted by atomic mass is 32.2. The molecule has 8 nitrogen and oxygen atoms in total. The molecule has 1 saturated carbocycles. The van der Waals surface area contributed by atoms with Crippen LogP contribution in [-0.2, 0) is 25.4 Å². The van der Waals surface area contributed by atoms with E-state index >= 15 is 0 Å². The molecular weight excluding hydrogens is 512 g/mol. The molecule has 39 heavy (non-hydrogen) atoms. The Labute approximate surface area is 232 Å². The second-order valence-electron chi connectivity index (χ2n) is 11.3. The number of hydrogen-bond donors (Lipinski definition) is 2. The summed E-state index contributed by atoms with van der Waals surface area (Å²) in [7, 11) is -3.77. The number of nitrogens with one attached hydrogen (secondary N) is 1. The second kappa shape index (κ2) is 12.2. The van der Waals surface area contributed by atoms with Gasteiger partial charge in [-0.25, -0.2) is 8.42 Å². The number of sulfonamides is 1. The van der Waals surface area contributed by atoms with Crippen molar-refractivity contribution >= 4 is 21.8 Å². The van der Waals surface area contributed by atoms with Crippen LogP contribution in [0.1, 0.15) is 62.0 Å². The van der Waals surface area contributed by atoms with Gasteiger partial charge in [-0.3, -0.25) is 9.59 Å². The normalized spacial score (nSPS) is 27.9. The maximum absolute atomic E-state index is 14.2. The monoisotopic (exact) mass is 552 g/mol. The van der Waals surface area contributed by atoms with E-state index in [1.54, 1.807) is 17.0 Å². The summed E-state index contributed by atoms with van der Waals surface area (Å²) in [6, 6.07) is 17.6. The smallest absolute Gasteiger partial charge is 0.242 e. The molecule has 9 heteroatoms. The van der Waals surface area contributed by atoms with Gasteiger partial charge in [0, 0.05) is 31.6 Å². The molecule has 2 aromatic carbocycles. The summed E-state index contributed by atoms with van der Waals surface area (Å²) in [5.74, 6) is -0.410. The Bertz CT molecular complexity index is 1230. The number of benzene rings is 2. The van der Waals surface area contributed by atoms with Crippen LogP contribution in [0.25, 0.3) is 0 Å². The summed E-state index contributed by atoms with van der Waals surface area (Å²) in [5, 5.41) is 3.10. The quantitative estimate of drug-likeness (QED) is 0.523. The first-order valence-corrected chi connectivity index (χ1v) is 15.9. The van der Waals surface area contributed by atoms with Gasteiger partial charge in [-0.1, -0.05) is 60.7 Å². The fourth-order valence-corrected chi connectivity index (χ4v) is 8.26. The zero-order valence-electron chi connectivity index (χ0n) is 22.5. The molecule has 3 atom stereocenters.